The maximum Gasteiger partial charge on any atom is 0.0686 e. The highest BCUT2D eigenvalue weighted by molar-refractivity contribution is 5.15. The van der Waals surface area contributed by atoms with Crippen molar-refractivity contribution in [2.45, 2.75) is 53.4 Å². The van der Waals surface area contributed by atoms with Crippen LogP contribution in [-0.4, -0.2) is 0 Å². The van der Waals surface area contributed by atoms with Crippen LogP contribution in [0.2, 0.25) is 0 Å². The Morgan fingerprint density at radius 2 is 1.94 bits per heavy atom. The number of nitriles is 1. The van der Waals surface area contributed by atoms with Gasteiger partial charge in [0.05, 0.1) is 11.5 Å². The Kier molecular flexibility index (Phi) is 5.00. The van der Waals surface area contributed by atoms with Crippen molar-refractivity contribution in [3.8, 4) is 6.07 Å². The average molecular weight is 231 g/mol. The molecule has 0 aromatic heterocycles. The van der Waals surface area contributed by atoms with E-state index in [-0.39, 0.29) is 5.41 Å². The minimum absolute atomic E-state index is 0.0649. The summed E-state index contributed by atoms with van der Waals surface area (Å²) >= 11 is 0. The van der Waals surface area contributed by atoms with Gasteiger partial charge in [-0.1, -0.05) is 37.6 Å². The molecule has 0 heterocycles. The Labute approximate surface area is 106 Å². The SMILES string of the molecule is CC(=CC=CC(C)C)C1CCC(C)(C#N)CC1. The lowest BCUT2D eigenvalue weighted by molar-refractivity contribution is 0.250. The van der Waals surface area contributed by atoms with Gasteiger partial charge in [0.2, 0.25) is 0 Å². The van der Waals surface area contributed by atoms with Crippen molar-refractivity contribution in [2.24, 2.45) is 17.3 Å². The largest absolute Gasteiger partial charge is 0.198 e. The lowest BCUT2D eigenvalue weighted by Crippen LogP contribution is -2.23. The van der Waals surface area contributed by atoms with Crippen LogP contribution in [0.25, 0.3) is 0 Å². The number of rotatable bonds is 3. The molecule has 0 aromatic rings. The van der Waals surface area contributed by atoms with E-state index in [2.05, 4.69) is 52.0 Å². The lowest BCUT2D eigenvalue weighted by atomic mass is 9.71. The summed E-state index contributed by atoms with van der Waals surface area (Å²) in [7, 11) is 0. The van der Waals surface area contributed by atoms with E-state index >= 15 is 0 Å². The summed E-state index contributed by atoms with van der Waals surface area (Å²) < 4.78 is 0. The van der Waals surface area contributed by atoms with E-state index < -0.39 is 0 Å². The summed E-state index contributed by atoms with van der Waals surface area (Å²) in [5.41, 5.74) is 1.41. The van der Waals surface area contributed by atoms with E-state index in [4.69, 9.17) is 5.26 Å². The van der Waals surface area contributed by atoms with Crippen LogP contribution in [0.4, 0.5) is 0 Å². The van der Waals surface area contributed by atoms with Crippen molar-refractivity contribution in [1.29, 1.82) is 5.26 Å². The molecule has 0 atom stereocenters. The topological polar surface area (TPSA) is 23.8 Å². The van der Waals surface area contributed by atoms with Crippen molar-refractivity contribution in [3.05, 3.63) is 23.8 Å². The van der Waals surface area contributed by atoms with E-state index in [0.29, 0.717) is 11.8 Å². The van der Waals surface area contributed by atoms with Gasteiger partial charge >= 0.3 is 0 Å². The van der Waals surface area contributed by atoms with Gasteiger partial charge in [0, 0.05) is 0 Å². The molecule has 17 heavy (non-hydrogen) atoms. The highest BCUT2D eigenvalue weighted by Crippen LogP contribution is 2.40. The second kappa shape index (κ2) is 6.05. The maximum atomic E-state index is 9.10. The van der Waals surface area contributed by atoms with Crippen LogP contribution in [0.3, 0.4) is 0 Å². The first kappa shape index (κ1) is 14.0. The van der Waals surface area contributed by atoms with Gasteiger partial charge in [-0.2, -0.15) is 5.26 Å². The van der Waals surface area contributed by atoms with E-state index in [1.54, 1.807) is 0 Å². The van der Waals surface area contributed by atoms with E-state index in [1.807, 2.05) is 0 Å². The van der Waals surface area contributed by atoms with Gasteiger partial charge in [-0.15, -0.1) is 0 Å². The second-order valence-corrected chi connectivity index (χ2v) is 5.99. The van der Waals surface area contributed by atoms with Crippen molar-refractivity contribution in [2.75, 3.05) is 0 Å². The molecule has 1 saturated carbocycles. The number of hydrogen-bond donors (Lipinski definition) is 0. The number of nitrogens with zero attached hydrogens (tertiary/aromatic N) is 1. The fourth-order valence-corrected chi connectivity index (χ4v) is 2.39. The molecule has 0 aromatic carbocycles. The summed E-state index contributed by atoms with van der Waals surface area (Å²) in [6.07, 6.45) is 11.1. The first-order valence-electron chi connectivity index (χ1n) is 6.73. The molecule has 0 amide bonds. The fraction of sp³-hybridized carbons (Fsp3) is 0.688. The molecule has 1 fully saturated rings. The molecule has 0 N–H and O–H groups in total. The lowest BCUT2D eigenvalue weighted by Gasteiger charge is -2.32. The van der Waals surface area contributed by atoms with Crippen LogP contribution in [0.5, 0.6) is 0 Å². The van der Waals surface area contributed by atoms with Crippen LogP contribution in [-0.2, 0) is 0 Å². The molecule has 0 saturated heterocycles. The first-order valence-corrected chi connectivity index (χ1v) is 6.73. The van der Waals surface area contributed by atoms with Gasteiger partial charge in [-0.25, -0.2) is 0 Å². The van der Waals surface area contributed by atoms with Crippen LogP contribution >= 0.6 is 0 Å². The molecule has 0 aliphatic heterocycles. The van der Waals surface area contributed by atoms with Gasteiger partial charge in [0.1, 0.15) is 0 Å². The van der Waals surface area contributed by atoms with Crippen molar-refractivity contribution in [1.82, 2.24) is 0 Å². The number of hydrogen-bond acceptors (Lipinski definition) is 1. The second-order valence-electron chi connectivity index (χ2n) is 5.99. The fourth-order valence-electron chi connectivity index (χ4n) is 2.39. The zero-order valence-corrected chi connectivity index (χ0v) is 11.7. The van der Waals surface area contributed by atoms with Gasteiger partial charge in [-0.3, -0.25) is 0 Å². The molecule has 0 radical (unpaired) electrons. The van der Waals surface area contributed by atoms with Gasteiger partial charge in [0.25, 0.3) is 0 Å². The predicted octanol–water partition coefficient (Wildman–Crippen LogP) is 4.86. The van der Waals surface area contributed by atoms with E-state index in [1.165, 1.54) is 18.4 Å². The summed E-state index contributed by atoms with van der Waals surface area (Å²) in [6, 6.07) is 2.46. The molecular weight excluding hydrogens is 206 g/mol. The minimum atomic E-state index is -0.0649. The molecule has 0 unspecified atom stereocenters. The molecule has 1 heteroatoms. The van der Waals surface area contributed by atoms with Crippen LogP contribution in [0, 0.1) is 28.6 Å². The molecule has 0 spiro atoms. The average Bonchev–Trinajstić information content (AvgIpc) is 2.29. The number of allylic oxidation sites excluding steroid dienone is 4. The third-order valence-electron chi connectivity index (χ3n) is 3.86. The van der Waals surface area contributed by atoms with Gasteiger partial charge < -0.3 is 0 Å². The van der Waals surface area contributed by atoms with Crippen molar-refractivity contribution in [3.63, 3.8) is 0 Å². The summed E-state index contributed by atoms with van der Waals surface area (Å²) in [6.45, 7) is 8.71. The summed E-state index contributed by atoms with van der Waals surface area (Å²) in [5, 5.41) is 9.10. The monoisotopic (exact) mass is 231 g/mol. The van der Waals surface area contributed by atoms with Crippen LogP contribution < -0.4 is 0 Å². The molecule has 1 aliphatic rings. The third-order valence-corrected chi connectivity index (χ3v) is 3.86. The normalized spacial score (nSPS) is 30.8. The summed E-state index contributed by atoms with van der Waals surface area (Å²) in [4.78, 5) is 0. The quantitative estimate of drug-likeness (QED) is 0.636. The molecule has 1 aliphatic carbocycles. The highest BCUT2D eigenvalue weighted by Gasteiger charge is 2.31. The highest BCUT2D eigenvalue weighted by atomic mass is 14.4. The maximum absolute atomic E-state index is 9.10. The Bertz CT molecular complexity index is 333. The molecule has 0 bridgehead atoms. The molecule has 1 nitrogen and oxygen atoms in total. The van der Waals surface area contributed by atoms with Crippen LogP contribution in [0.1, 0.15) is 53.4 Å². The predicted molar refractivity (Wildman–Crippen MR) is 73.4 cm³/mol. The van der Waals surface area contributed by atoms with Crippen molar-refractivity contribution >= 4 is 0 Å². The Morgan fingerprint density at radius 3 is 2.41 bits per heavy atom. The zero-order chi connectivity index (χ0) is 12.9. The van der Waals surface area contributed by atoms with Gasteiger partial charge in [0.15, 0.2) is 0 Å². The zero-order valence-electron chi connectivity index (χ0n) is 11.7. The molecule has 1 rings (SSSR count). The van der Waals surface area contributed by atoms with Gasteiger partial charge in [-0.05, 0) is 51.4 Å². The minimum Gasteiger partial charge on any atom is -0.198 e. The van der Waals surface area contributed by atoms with Crippen molar-refractivity contribution < 1.29 is 0 Å². The van der Waals surface area contributed by atoms with E-state index in [0.717, 1.165) is 12.8 Å². The Balaban J connectivity index is 2.52. The first-order chi connectivity index (χ1) is 7.97. The van der Waals surface area contributed by atoms with Crippen LogP contribution in [0.15, 0.2) is 23.8 Å². The Morgan fingerprint density at radius 1 is 1.35 bits per heavy atom. The Hall–Kier alpha value is -1.03. The van der Waals surface area contributed by atoms with E-state index in [9.17, 15) is 0 Å². The molecule has 94 valence electrons. The standard InChI is InChI=1S/C16H25N/c1-13(2)6-5-7-14(3)15-8-10-16(4,12-17)11-9-15/h5-7,13,15H,8-11H2,1-4H3. The third kappa shape index (κ3) is 4.38. The smallest absolute Gasteiger partial charge is 0.0686 e. The molecular formula is C16H25N. The summed E-state index contributed by atoms with van der Waals surface area (Å²) in [5.74, 6) is 1.31.